The summed E-state index contributed by atoms with van der Waals surface area (Å²) in [5, 5.41) is 2.83. The number of carbonyl (C=O) groups excluding carboxylic acids is 1. The van der Waals surface area contributed by atoms with Gasteiger partial charge >= 0.3 is 0 Å². The molecule has 1 amide bonds. The molecule has 1 unspecified atom stereocenters. The highest BCUT2D eigenvalue weighted by Gasteiger charge is 2.07. The molecule has 0 aliphatic rings. The van der Waals surface area contributed by atoms with Crippen LogP contribution in [0.1, 0.15) is 79.6 Å². The molecule has 0 aliphatic heterocycles. The lowest BCUT2D eigenvalue weighted by molar-refractivity contribution is -0.121. The van der Waals surface area contributed by atoms with Gasteiger partial charge in [0.15, 0.2) is 0 Å². The normalized spacial score (nSPS) is 13.5. The van der Waals surface area contributed by atoms with E-state index in [0.717, 1.165) is 38.5 Å². The van der Waals surface area contributed by atoms with Gasteiger partial charge in [0.25, 0.3) is 0 Å². The summed E-state index contributed by atoms with van der Waals surface area (Å²) in [5.74, 6) is 0.534. The maximum atomic E-state index is 11.6. The number of amides is 1. The van der Waals surface area contributed by atoms with Crippen molar-refractivity contribution in [3.63, 3.8) is 0 Å². The molecule has 3 nitrogen and oxygen atoms in total. The van der Waals surface area contributed by atoms with Gasteiger partial charge in [-0.15, -0.1) is 0 Å². The second kappa shape index (κ2) is 14.9. The Labute approximate surface area is 155 Å². The molecule has 0 aromatic carbocycles. The van der Waals surface area contributed by atoms with Crippen LogP contribution in [-0.4, -0.2) is 19.0 Å². The highest BCUT2D eigenvalue weighted by molar-refractivity contribution is 5.76. The molecular formula is C22H40N2O. The minimum absolute atomic E-state index is 0.118. The fraction of sp³-hybridized carbons (Fsp3) is 0.682. The Morgan fingerprint density at radius 1 is 0.960 bits per heavy atom. The van der Waals surface area contributed by atoms with E-state index in [9.17, 15) is 4.79 Å². The van der Waals surface area contributed by atoms with Gasteiger partial charge < -0.3 is 11.1 Å². The van der Waals surface area contributed by atoms with Crippen LogP contribution in [0.15, 0.2) is 34.9 Å². The van der Waals surface area contributed by atoms with Gasteiger partial charge in [-0.25, -0.2) is 0 Å². The van der Waals surface area contributed by atoms with Crippen molar-refractivity contribution < 1.29 is 4.79 Å². The SMILES string of the molecule is CC(C)=CCC/C(C)=C/CC/C(C)=C/CCC(C)CC(=O)NCCN. The molecule has 0 aromatic heterocycles. The first-order chi connectivity index (χ1) is 11.8. The first-order valence-electron chi connectivity index (χ1n) is 9.76. The third kappa shape index (κ3) is 15.9. The minimum atomic E-state index is 0.118. The van der Waals surface area contributed by atoms with E-state index in [0.29, 0.717) is 25.4 Å². The van der Waals surface area contributed by atoms with Crippen LogP contribution in [0.25, 0.3) is 0 Å². The van der Waals surface area contributed by atoms with E-state index >= 15 is 0 Å². The van der Waals surface area contributed by atoms with Gasteiger partial charge in [0.05, 0.1) is 0 Å². The second-order valence-electron chi connectivity index (χ2n) is 7.49. The number of allylic oxidation sites excluding steroid dienone is 6. The third-order valence-electron chi connectivity index (χ3n) is 4.28. The molecule has 0 saturated heterocycles. The van der Waals surface area contributed by atoms with Gasteiger partial charge in [0.2, 0.25) is 5.91 Å². The molecule has 3 heteroatoms. The van der Waals surface area contributed by atoms with Crippen molar-refractivity contribution in [2.24, 2.45) is 11.7 Å². The fourth-order valence-electron chi connectivity index (χ4n) is 2.66. The zero-order chi connectivity index (χ0) is 19.1. The van der Waals surface area contributed by atoms with Crippen LogP contribution in [-0.2, 0) is 4.79 Å². The number of hydrogen-bond donors (Lipinski definition) is 2. The molecule has 0 aliphatic carbocycles. The molecule has 0 bridgehead atoms. The average molecular weight is 349 g/mol. The van der Waals surface area contributed by atoms with Gasteiger partial charge in [-0.05, 0) is 72.1 Å². The molecule has 0 spiro atoms. The van der Waals surface area contributed by atoms with Crippen LogP contribution in [0, 0.1) is 5.92 Å². The topological polar surface area (TPSA) is 55.1 Å². The van der Waals surface area contributed by atoms with Crippen LogP contribution in [0.3, 0.4) is 0 Å². The zero-order valence-electron chi connectivity index (χ0n) is 17.2. The largest absolute Gasteiger partial charge is 0.355 e. The minimum Gasteiger partial charge on any atom is -0.355 e. The van der Waals surface area contributed by atoms with Gasteiger partial charge in [-0.3, -0.25) is 4.79 Å². The van der Waals surface area contributed by atoms with E-state index in [-0.39, 0.29) is 5.91 Å². The summed E-state index contributed by atoms with van der Waals surface area (Å²) in [5.41, 5.74) is 9.73. The van der Waals surface area contributed by atoms with E-state index in [4.69, 9.17) is 5.73 Å². The quantitative estimate of drug-likeness (QED) is 0.444. The Bertz CT molecular complexity index is 457. The van der Waals surface area contributed by atoms with Gasteiger partial charge in [-0.2, -0.15) is 0 Å². The molecule has 0 fully saturated rings. The number of nitrogens with two attached hydrogens (primary N) is 1. The highest BCUT2D eigenvalue weighted by Crippen LogP contribution is 2.15. The molecule has 0 radical (unpaired) electrons. The lowest BCUT2D eigenvalue weighted by Crippen LogP contribution is -2.29. The van der Waals surface area contributed by atoms with Gasteiger partial charge in [-0.1, -0.05) is 41.9 Å². The van der Waals surface area contributed by atoms with E-state index in [2.05, 4.69) is 58.2 Å². The maximum Gasteiger partial charge on any atom is 0.220 e. The van der Waals surface area contributed by atoms with Crippen LogP contribution < -0.4 is 11.1 Å². The van der Waals surface area contributed by atoms with Crippen LogP contribution in [0.2, 0.25) is 0 Å². The van der Waals surface area contributed by atoms with E-state index in [1.54, 1.807) is 0 Å². The second-order valence-corrected chi connectivity index (χ2v) is 7.49. The predicted octanol–water partition coefficient (Wildman–Crippen LogP) is 5.29. The summed E-state index contributed by atoms with van der Waals surface area (Å²) >= 11 is 0. The smallest absolute Gasteiger partial charge is 0.220 e. The van der Waals surface area contributed by atoms with Gasteiger partial charge in [0.1, 0.15) is 0 Å². The first-order valence-corrected chi connectivity index (χ1v) is 9.76. The van der Waals surface area contributed by atoms with Gasteiger partial charge in [0, 0.05) is 19.5 Å². The molecule has 0 heterocycles. The Balaban J connectivity index is 3.93. The zero-order valence-corrected chi connectivity index (χ0v) is 17.2. The number of nitrogens with one attached hydrogen (secondary N) is 1. The number of hydrogen-bond acceptors (Lipinski definition) is 2. The third-order valence-corrected chi connectivity index (χ3v) is 4.28. The lowest BCUT2D eigenvalue weighted by atomic mass is 9.99. The van der Waals surface area contributed by atoms with Crippen molar-refractivity contribution in [3.8, 4) is 0 Å². The van der Waals surface area contributed by atoms with Crippen molar-refractivity contribution in [1.82, 2.24) is 5.32 Å². The Hall–Kier alpha value is -1.35. The Morgan fingerprint density at radius 3 is 2.08 bits per heavy atom. The fourth-order valence-corrected chi connectivity index (χ4v) is 2.66. The predicted molar refractivity (Wildman–Crippen MR) is 110 cm³/mol. The van der Waals surface area contributed by atoms with Crippen LogP contribution in [0.5, 0.6) is 0 Å². The van der Waals surface area contributed by atoms with Crippen molar-refractivity contribution in [3.05, 3.63) is 34.9 Å². The Kier molecular flexibility index (Phi) is 14.1. The molecule has 0 aromatic rings. The van der Waals surface area contributed by atoms with Crippen LogP contribution in [0.4, 0.5) is 0 Å². The summed E-state index contributed by atoms with van der Waals surface area (Å²) in [6.07, 6.45) is 14.3. The van der Waals surface area contributed by atoms with Crippen molar-refractivity contribution in [1.29, 1.82) is 0 Å². The summed E-state index contributed by atoms with van der Waals surface area (Å²) < 4.78 is 0. The Morgan fingerprint density at radius 2 is 1.52 bits per heavy atom. The van der Waals surface area contributed by atoms with E-state index < -0.39 is 0 Å². The van der Waals surface area contributed by atoms with E-state index in [1.807, 2.05) is 0 Å². The monoisotopic (exact) mass is 348 g/mol. The number of rotatable bonds is 13. The summed E-state index contributed by atoms with van der Waals surface area (Å²) in [6, 6.07) is 0. The standard InChI is InChI=1S/C22H40N2O/c1-18(2)9-6-10-19(3)11-7-12-20(4)13-8-14-21(5)17-22(25)24-16-15-23/h9,11,13,21H,6-8,10,12,14-17,23H2,1-5H3,(H,24,25)/b19-11+,20-13+. The van der Waals surface area contributed by atoms with Crippen molar-refractivity contribution >= 4 is 5.91 Å². The maximum absolute atomic E-state index is 11.6. The molecule has 0 saturated carbocycles. The van der Waals surface area contributed by atoms with Crippen molar-refractivity contribution in [2.75, 3.05) is 13.1 Å². The molecule has 3 N–H and O–H groups in total. The van der Waals surface area contributed by atoms with E-state index in [1.165, 1.54) is 16.7 Å². The highest BCUT2D eigenvalue weighted by atomic mass is 16.1. The average Bonchev–Trinajstić information content (AvgIpc) is 2.52. The lowest BCUT2D eigenvalue weighted by Gasteiger charge is -2.10. The molecule has 144 valence electrons. The van der Waals surface area contributed by atoms with Crippen LogP contribution >= 0.6 is 0 Å². The summed E-state index contributed by atoms with van der Waals surface area (Å²) in [7, 11) is 0. The number of carbonyl (C=O) groups is 1. The first kappa shape index (κ1) is 23.6. The summed E-state index contributed by atoms with van der Waals surface area (Å²) in [6.45, 7) is 12.0. The summed E-state index contributed by atoms with van der Waals surface area (Å²) in [4.78, 5) is 11.6. The molecule has 0 rings (SSSR count). The van der Waals surface area contributed by atoms with Crippen molar-refractivity contribution in [2.45, 2.75) is 79.6 Å². The molecule has 25 heavy (non-hydrogen) atoms. The molecular weight excluding hydrogens is 308 g/mol. The molecule has 1 atom stereocenters.